The highest BCUT2D eigenvalue weighted by molar-refractivity contribution is 5.43. The summed E-state index contributed by atoms with van der Waals surface area (Å²) in [4.78, 5) is 0. The second-order valence-electron chi connectivity index (χ2n) is 4.62. The molecule has 3 rings (SSSR count). The molecule has 0 bridgehead atoms. The van der Waals surface area contributed by atoms with Crippen LogP contribution in [0.3, 0.4) is 0 Å². The van der Waals surface area contributed by atoms with E-state index in [9.17, 15) is 0 Å². The molecule has 0 saturated carbocycles. The van der Waals surface area contributed by atoms with E-state index in [2.05, 4.69) is 46.3 Å². The molecule has 1 aromatic heterocycles. The van der Waals surface area contributed by atoms with Gasteiger partial charge in [-0.1, -0.05) is 18.2 Å². The summed E-state index contributed by atoms with van der Waals surface area (Å²) in [5.74, 6) is 0. The molecule has 17 heavy (non-hydrogen) atoms. The third-order valence-corrected chi connectivity index (χ3v) is 3.64. The SMILES string of the molecule is CNC1CCc2c1cnn2-c1ccccc1C. The first-order chi connectivity index (χ1) is 8.31. The predicted molar refractivity (Wildman–Crippen MR) is 68.4 cm³/mol. The average Bonchev–Trinajstić information content (AvgIpc) is 2.90. The van der Waals surface area contributed by atoms with Crippen molar-refractivity contribution < 1.29 is 0 Å². The maximum atomic E-state index is 4.54. The van der Waals surface area contributed by atoms with Crippen molar-refractivity contribution in [1.29, 1.82) is 0 Å². The third-order valence-electron chi connectivity index (χ3n) is 3.64. The molecule has 0 saturated heterocycles. The molecule has 3 nitrogen and oxygen atoms in total. The predicted octanol–water partition coefficient (Wildman–Crippen LogP) is 2.39. The number of aryl methyl sites for hydroxylation is 1. The van der Waals surface area contributed by atoms with E-state index in [4.69, 9.17) is 0 Å². The van der Waals surface area contributed by atoms with Crippen molar-refractivity contribution in [2.45, 2.75) is 25.8 Å². The average molecular weight is 227 g/mol. The number of nitrogens with one attached hydrogen (secondary N) is 1. The number of aromatic nitrogens is 2. The third kappa shape index (κ3) is 1.58. The molecule has 1 aliphatic carbocycles. The van der Waals surface area contributed by atoms with Crippen molar-refractivity contribution in [2.75, 3.05) is 7.05 Å². The summed E-state index contributed by atoms with van der Waals surface area (Å²) in [6.07, 6.45) is 4.29. The van der Waals surface area contributed by atoms with Gasteiger partial charge in [0, 0.05) is 17.3 Å². The van der Waals surface area contributed by atoms with Crippen molar-refractivity contribution in [3.05, 3.63) is 47.3 Å². The van der Waals surface area contributed by atoms with Crippen LogP contribution in [0.4, 0.5) is 0 Å². The van der Waals surface area contributed by atoms with Crippen molar-refractivity contribution in [3.63, 3.8) is 0 Å². The minimum atomic E-state index is 0.475. The maximum absolute atomic E-state index is 4.54. The minimum absolute atomic E-state index is 0.475. The number of nitrogens with zero attached hydrogens (tertiary/aromatic N) is 2. The van der Waals surface area contributed by atoms with Gasteiger partial charge in [-0.2, -0.15) is 5.10 Å². The summed E-state index contributed by atoms with van der Waals surface area (Å²) < 4.78 is 2.10. The molecular formula is C14H17N3. The number of hydrogen-bond acceptors (Lipinski definition) is 2. The zero-order valence-electron chi connectivity index (χ0n) is 10.3. The number of rotatable bonds is 2. The lowest BCUT2D eigenvalue weighted by molar-refractivity contribution is 0.584. The van der Waals surface area contributed by atoms with Gasteiger partial charge < -0.3 is 5.32 Å². The van der Waals surface area contributed by atoms with E-state index in [1.807, 2.05) is 13.2 Å². The Kier molecular flexibility index (Phi) is 2.48. The number of para-hydroxylation sites is 1. The van der Waals surface area contributed by atoms with Crippen LogP contribution in [-0.2, 0) is 6.42 Å². The molecule has 1 N–H and O–H groups in total. The summed E-state index contributed by atoms with van der Waals surface area (Å²) in [5, 5.41) is 7.89. The van der Waals surface area contributed by atoms with Crippen molar-refractivity contribution in [2.24, 2.45) is 0 Å². The Balaban J connectivity index is 2.10. The fourth-order valence-corrected chi connectivity index (χ4v) is 2.67. The lowest BCUT2D eigenvalue weighted by Crippen LogP contribution is -2.12. The Labute approximate surface area is 101 Å². The highest BCUT2D eigenvalue weighted by Gasteiger charge is 2.25. The topological polar surface area (TPSA) is 29.9 Å². The smallest absolute Gasteiger partial charge is 0.0678 e. The highest BCUT2D eigenvalue weighted by Crippen LogP contribution is 2.32. The summed E-state index contributed by atoms with van der Waals surface area (Å²) in [6.45, 7) is 2.13. The number of fused-ring (bicyclic) bond motifs is 1. The summed E-state index contributed by atoms with van der Waals surface area (Å²) >= 11 is 0. The van der Waals surface area contributed by atoms with Gasteiger partial charge in [0.05, 0.1) is 11.9 Å². The molecule has 88 valence electrons. The van der Waals surface area contributed by atoms with E-state index in [-0.39, 0.29) is 0 Å². The first-order valence-electron chi connectivity index (χ1n) is 6.11. The molecule has 0 amide bonds. The fourth-order valence-electron chi connectivity index (χ4n) is 2.67. The van der Waals surface area contributed by atoms with E-state index in [1.165, 1.54) is 28.9 Å². The van der Waals surface area contributed by atoms with Gasteiger partial charge in [-0.3, -0.25) is 0 Å². The quantitative estimate of drug-likeness (QED) is 0.853. The summed E-state index contributed by atoms with van der Waals surface area (Å²) in [7, 11) is 2.02. The van der Waals surface area contributed by atoms with Crippen LogP contribution >= 0.6 is 0 Å². The molecule has 0 radical (unpaired) electrons. The van der Waals surface area contributed by atoms with Gasteiger partial charge in [-0.15, -0.1) is 0 Å². The van der Waals surface area contributed by atoms with Crippen LogP contribution in [0, 0.1) is 6.92 Å². The Morgan fingerprint density at radius 3 is 2.94 bits per heavy atom. The first-order valence-corrected chi connectivity index (χ1v) is 6.11. The maximum Gasteiger partial charge on any atom is 0.0678 e. The van der Waals surface area contributed by atoms with Gasteiger partial charge in [0.2, 0.25) is 0 Å². The zero-order valence-corrected chi connectivity index (χ0v) is 10.3. The van der Waals surface area contributed by atoms with Crippen molar-refractivity contribution in [1.82, 2.24) is 15.1 Å². The highest BCUT2D eigenvalue weighted by atomic mass is 15.3. The Bertz CT molecular complexity index is 542. The molecule has 1 unspecified atom stereocenters. The number of hydrogen-bond donors (Lipinski definition) is 1. The Morgan fingerprint density at radius 1 is 1.35 bits per heavy atom. The van der Waals surface area contributed by atoms with E-state index in [0.717, 1.165) is 6.42 Å². The molecule has 1 aliphatic rings. The van der Waals surface area contributed by atoms with Crippen LogP contribution < -0.4 is 5.32 Å². The molecule has 0 aliphatic heterocycles. The normalized spacial score (nSPS) is 18.4. The Morgan fingerprint density at radius 2 is 2.18 bits per heavy atom. The van der Waals surface area contributed by atoms with Crippen LogP contribution in [0.25, 0.3) is 5.69 Å². The Hall–Kier alpha value is -1.61. The van der Waals surface area contributed by atoms with E-state index in [1.54, 1.807) is 0 Å². The van der Waals surface area contributed by atoms with Crippen LogP contribution in [0.15, 0.2) is 30.5 Å². The van der Waals surface area contributed by atoms with Gasteiger partial charge in [0.1, 0.15) is 0 Å². The molecule has 3 heteroatoms. The molecule has 1 atom stereocenters. The molecule has 1 heterocycles. The minimum Gasteiger partial charge on any atom is -0.313 e. The summed E-state index contributed by atoms with van der Waals surface area (Å²) in [6, 6.07) is 8.88. The largest absolute Gasteiger partial charge is 0.313 e. The van der Waals surface area contributed by atoms with Crippen LogP contribution in [0.1, 0.15) is 29.3 Å². The van der Waals surface area contributed by atoms with Crippen molar-refractivity contribution >= 4 is 0 Å². The molecule has 0 fully saturated rings. The van der Waals surface area contributed by atoms with Gasteiger partial charge in [-0.25, -0.2) is 4.68 Å². The monoisotopic (exact) mass is 227 g/mol. The molecule has 1 aromatic carbocycles. The second-order valence-corrected chi connectivity index (χ2v) is 4.62. The molecule has 0 spiro atoms. The summed E-state index contributed by atoms with van der Waals surface area (Å²) in [5.41, 5.74) is 5.19. The number of benzene rings is 1. The fraction of sp³-hybridized carbons (Fsp3) is 0.357. The van der Waals surface area contributed by atoms with Gasteiger partial charge in [0.25, 0.3) is 0 Å². The lowest BCUT2D eigenvalue weighted by Gasteiger charge is -2.08. The van der Waals surface area contributed by atoms with Gasteiger partial charge >= 0.3 is 0 Å². The van der Waals surface area contributed by atoms with E-state index in [0.29, 0.717) is 6.04 Å². The van der Waals surface area contributed by atoms with E-state index < -0.39 is 0 Å². The molecule has 2 aromatic rings. The van der Waals surface area contributed by atoms with Crippen LogP contribution in [0.2, 0.25) is 0 Å². The standard InChI is InChI=1S/C14H17N3/c1-10-5-3-4-6-13(10)17-14-8-7-12(15-2)11(14)9-16-17/h3-6,9,12,15H,7-8H2,1-2H3. The molecular weight excluding hydrogens is 210 g/mol. The lowest BCUT2D eigenvalue weighted by atomic mass is 10.2. The van der Waals surface area contributed by atoms with Crippen molar-refractivity contribution in [3.8, 4) is 5.69 Å². The van der Waals surface area contributed by atoms with Crippen LogP contribution in [0.5, 0.6) is 0 Å². The first kappa shape index (κ1) is 10.5. The van der Waals surface area contributed by atoms with Gasteiger partial charge in [-0.05, 0) is 38.4 Å². The van der Waals surface area contributed by atoms with Crippen LogP contribution in [-0.4, -0.2) is 16.8 Å². The van der Waals surface area contributed by atoms with E-state index >= 15 is 0 Å². The second kappa shape index (κ2) is 4.00. The van der Waals surface area contributed by atoms with Gasteiger partial charge in [0.15, 0.2) is 0 Å². The zero-order chi connectivity index (χ0) is 11.8.